The Labute approximate surface area is 108 Å². The van der Waals surface area contributed by atoms with E-state index in [1.807, 2.05) is 4.90 Å². The first-order valence-corrected chi connectivity index (χ1v) is 5.95. The summed E-state index contributed by atoms with van der Waals surface area (Å²) in [6, 6.07) is 0. The highest BCUT2D eigenvalue weighted by atomic mass is 35.5. The van der Waals surface area contributed by atoms with Gasteiger partial charge in [-0.1, -0.05) is 11.6 Å². The Morgan fingerprint density at radius 1 is 1.50 bits per heavy atom. The third kappa shape index (κ3) is 2.46. The maximum Gasteiger partial charge on any atom is 0.288 e. The topological polar surface area (TPSA) is 87.5 Å². The summed E-state index contributed by atoms with van der Waals surface area (Å²) in [6.45, 7) is 1.33. The van der Waals surface area contributed by atoms with Gasteiger partial charge in [-0.05, 0) is 12.8 Å². The normalized spacial score (nSPS) is 14.9. The number of rotatable bonds is 3. The van der Waals surface area contributed by atoms with E-state index in [9.17, 15) is 9.59 Å². The molecule has 98 valence electrons. The molecule has 1 saturated heterocycles. The Morgan fingerprint density at radius 3 is 2.78 bits per heavy atom. The number of hydrogen-bond donors (Lipinski definition) is 2. The number of hydroxylamine groups is 1. The van der Waals surface area contributed by atoms with Crippen LogP contribution in [0.15, 0.2) is 11.0 Å². The van der Waals surface area contributed by atoms with Gasteiger partial charge < -0.3 is 4.90 Å². The van der Waals surface area contributed by atoms with Crippen molar-refractivity contribution in [2.24, 2.45) is 0 Å². The molecule has 2 heterocycles. The van der Waals surface area contributed by atoms with Gasteiger partial charge in [0.2, 0.25) is 0 Å². The van der Waals surface area contributed by atoms with Crippen LogP contribution in [-0.2, 0) is 11.3 Å². The molecule has 8 heteroatoms. The fraction of sp³-hybridized carbons (Fsp3) is 0.500. The number of hydrogen-bond acceptors (Lipinski definition) is 5. The zero-order valence-corrected chi connectivity index (χ0v) is 10.4. The maximum atomic E-state index is 11.9. The molecular weight excluding hydrogens is 260 g/mol. The van der Waals surface area contributed by atoms with E-state index in [-0.39, 0.29) is 11.6 Å². The molecule has 2 N–H and O–H groups in total. The smallest absolute Gasteiger partial charge is 0.288 e. The van der Waals surface area contributed by atoms with Gasteiger partial charge in [-0.2, -0.15) is 5.10 Å². The van der Waals surface area contributed by atoms with Crippen LogP contribution in [-0.4, -0.2) is 34.0 Å². The number of amides is 1. The first kappa shape index (κ1) is 12.8. The number of anilines is 1. The lowest BCUT2D eigenvalue weighted by Gasteiger charge is -2.18. The predicted octanol–water partition coefficient (Wildman–Crippen LogP) is 0.00230. The highest BCUT2D eigenvalue weighted by Gasteiger charge is 2.19. The van der Waals surface area contributed by atoms with E-state index >= 15 is 0 Å². The van der Waals surface area contributed by atoms with E-state index in [0.29, 0.717) is 5.69 Å². The van der Waals surface area contributed by atoms with Crippen molar-refractivity contribution in [3.05, 3.63) is 21.6 Å². The fourth-order valence-electron chi connectivity index (χ4n) is 1.92. The Morgan fingerprint density at radius 2 is 2.17 bits per heavy atom. The van der Waals surface area contributed by atoms with Crippen molar-refractivity contribution >= 4 is 23.2 Å². The van der Waals surface area contributed by atoms with Crippen molar-refractivity contribution < 1.29 is 10.0 Å². The Bertz CT molecular complexity index is 510. The minimum atomic E-state index is -0.727. The van der Waals surface area contributed by atoms with Crippen molar-refractivity contribution in [2.45, 2.75) is 19.4 Å². The lowest BCUT2D eigenvalue weighted by atomic mass is 10.4. The largest absolute Gasteiger partial charge is 0.369 e. The van der Waals surface area contributed by atoms with Crippen molar-refractivity contribution in [1.82, 2.24) is 15.3 Å². The van der Waals surface area contributed by atoms with E-state index in [0.717, 1.165) is 30.6 Å². The molecule has 0 atom stereocenters. The number of nitrogens with one attached hydrogen (secondary N) is 1. The number of aromatic nitrogens is 2. The molecule has 1 aromatic rings. The lowest BCUT2D eigenvalue weighted by Crippen LogP contribution is -2.33. The van der Waals surface area contributed by atoms with Crippen LogP contribution in [0.3, 0.4) is 0 Å². The molecule has 0 saturated carbocycles. The molecule has 2 rings (SSSR count). The van der Waals surface area contributed by atoms with Gasteiger partial charge in [0.25, 0.3) is 11.5 Å². The van der Waals surface area contributed by atoms with Crippen LogP contribution in [0.4, 0.5) is 5.69 Å². The molecule has 0 spiro atoms. The molecule has 1 aromatic heterocycles. The van der Waals surface area contributed by atoms with Gasteiger partial charge in [0.1, 0.15) is 11.6 Å². The first-order chi connectivity index (χ1) is 8.63. The molecule has 0 bridgehead atoms. The molecule has 1 fully saturated rings. The zero-order chi connectivity index (χ0) is 13.1. The zero-order valence-electron chi connectivity index (χ0n) is 9.60. The molecule has 0 aromatic carbocycles. The number of nitrogens with zero attached hydrogens (tertiary/aromatic N) is 3. The monoisotopic (exact) mass is 272 g/mol. The number of carbonyl (C=O) groups is 1. The molecule has 7 nitrogen and oxygen atoms in total. The van der Waals surface area contributed by atoms with E-state index in [4.69, 9.17) is 16.8 Å². The van der Waals surface area contributed by atoms with Gasteiger partial charge in [-0.25, -0.2) is 10.2 Å². The average molecular weight is 273 g/mol. The molecule has 1 amide bonds. The summed E-state index contributed by atoms with van der Waals surface area (Å²) in [5.74, 6) is -0.727. The van der Waals surface area contributed by atoms with Gasteiger partial charge >= 0.3 is 0 Å². The van der Waals surface area contributed by atoms with Crippen LogP contribution >= 0.6 is 11.6 Å². The molecule has 18 heavy (non-hydrogen) atoms. The van der Waals surface area contributed by atoms with E-state index in [2.05, 4.69) is 5.10 Å². The summed E-state index contributed by atoms with van der Waals surface area (Å²) < 4.78 is 0.910. The van der Waals surface area contributed by atoms with Gasteiger partial charge in [0, 0.05) is 13.1 Å². The van der Waals surface area contributed by atoms with Crippen LogP contribution in [0.5, 0.6) is 0 Å². The standard InChI is InChI=1S/C10H13ClN4O3/c11-9-7(14-3-1-2-4-14)5-12-15(10(9)17)6-8(16)13-18/h5,18H,1-4,6H2,(H,13,16). The Kier molecular flexibility index (Phi) is 3.83. The summed E-state index contributed by atoms with van der Waals surface area (Å²) >= 11 is 6.00. The van der Waals surface area contributed by atoms with Crippen LogP contribution in [0.25, 0.3) is 0 Å². The summed E-state index contributed by atoms with van der Waals surface area (Å²) in [5.41, 5.74) is 1.50. The van der Waals surface area contributed by atoms with E-state index in [1.54, 1.807) is 0 Å². The van der Waals surface area contributed by atoms with Crippen molar-refractivity contribution in [3.8, 4) is 0 Å². The first-order valence-electron chi connectivity index (χ1n) is 5.57. The summed E-state index contributed by atoms with van der Waals surface area (Å²) in [4.78, 5) is 24.8. The van der Waals surface area contributed by atoms with Crippen molar-refractivity contribution in [3.63, 3.8) is 0 Å². The molecule has 1 aliphatic heterocycles. The predicted molar refractivity (Wildman–Crippen MR) is 64.9 cm³/mol. The highest BCUT2D eigenvalue weighted by Crippen LogP contribution is 2.24. The SMILES string of the molecule is O=C(Cn1ncc(N2CCCC2)c(Cl)c1=O)NO. The molecule has 0 unspecified atom stereocenters. The van der Waals surface area contributed by atoms with Crippen molar-refractivity contribution in [1.29, 1.82) is 0 Å². The maximum absolute atomic E-state index is 11.9. The Balaban J connectivity index is 2.29. The number of halogens is 1. The third-order valence-corrected chi connectivity index (χ3v) is 3.19. The van der Waals surface area contributed by atoms with Gasteiger partial charge in [0.05, 0.1) is 11.9 Å². The highest BCUT2D eigenvalue weighted by molar-refractivity contribution is 6.33. The summed E-state index contributed by atoms with van der Waals surface area (Å²) in [6.07, 6.45) is 3.60. The van der Waals surface area contributed by atoms with Crippen LogP contribution < -0.4 is 15.9 Å². The van der Waals surface area contributed by atoms with Crippen molar-refractivity contribution in [2.75, 3.05) is 18.0 Å². The van der Waals surface area contributed by atoms with E-state index in [1.165, 1.54) is 11.7 Å². The lowest BCUT2D eigenvalue weighted by molar-refractivity contribution is -0.130. The average Bonchev–Trinajstić information content (AvgIpc) is 2.88. The second-order valence-corrected chi connectivity index (χ2v) is 4.41. The quantitative estimate of drug-likeness (QED) is 0.597. The molecule has 0 aliphatic carbocycles. The molecular formula is C10H13ClN4O3. The Hall–Kier alpha value is -1.60. The fourth-order valence-corrected chi connectivity index (χ4v) is 2.18. The van der Waals surface area contributed by atoms with Crippen LogP contribution in [0.1, 0.15) is 12.8 Å². The summed E-state index contributed by atoms with van der Waals surface area (Å²) in [7, 11) is 0. The minimum Gasteiger partial charge on any atom is -0.369 e. The second kappa shape index (κ2) is 5.36. The van der Waals surface area contributed by atoms with Gasteiger partial charge in [-0.15, -0.1) is 0 Å². The van der Waals surface area contributed by atoms with Gasteiger partial charge in [-0.3, -0.25) is 14.8 Å². The third-order valence-electron chi connectivity index (χ3n) is 2.83. The molecule has 0 radical (unpaired) electrons. The minimum absolute atomic E-state index is 0.0534. The second-order valence-electron chi connectivity index (χ2n) is 4.04. The number of carbonyl (C=O) groups excluding carboxylic acids is 1. The molecule has 1 aliphatic rings. The van der Waals surface area contributed by atoms with Crippen LogP contribution in [0.2, 0.25) is 5.02 Å². The van der Waals surface area contributed by atoms with E-state index < -0.39 is 11.5 Å². The summed E-state index contributed by atoms with van der Waals surface area (Å²) in [5, 5.41) is 12.3. The van der Waals surface area contributed by atoms with Crippen LogP contribution in [0, 0.1) is 0 Å². The van der Waals surface area contributed by atoms with Gasteiger partial charge in [0.15, 0.2) is 0 Å².